The van der Waals surface area contributed by atoms with Crippen molar-refractivity contribution in [1.29, 1.82) is 0 Å². The maximum Gasteiger partial charge on any atom is 0.254 e. The van der Waals surface area contributed by atoms with Crippen molar-refractivity contribution in [2.75, 3.05) is 20.6 Å². The zero-order valence-electron chi connectivity index (χ0n) is 13.7. The van der Waals surface area contributed by atoms with Crippen LogP contribution in [0, 0.1) is 0 Å². The first-order chi connectivity index (χ1) is 11.3. The third-order valence-electron chi connectivity index (χ3n) is 3.50. The van der Waals surface area contributed by atoms with Crippen molar-refractivity contribution in [3.8, 4) is 0 Å². The second-order valence-electron chi connectivity index (χ2n) is 5.34. The zero-order valence-corrected chi connectivity index (χ0v) is 16.1. The van der Waals surface area contributed by atoms with Gasteiger partial charge < -0.3 is 4.90 Å². The summed E-state index contributed by atoms with van der Waals surface area (Å²) in [6.07, 6.45) is 0. The number of nitrogens with zero attached hydrogens (tertiary/aromatic N) is 2. The number of hydrogen-bond donors (Lipinski definition) is 0. The number of sulfonamides is 1. The van der Waals surface area contributed by atoms with Crippen molar-refractivity contribution in [2.45, 2.75) is 18.4 Å². The van der Waals surface area contributed by atoms with Gasteiger partial charge in [0.25, 0.3) is 5.91 Å². The molecule has 1 heterocycles. The average Bonchev–Trinajstić information content (AvgIpc) is 2.97. The van der Waals surface area contributed by atoms with Crippen LogP contribution in [0.3, 0.4) is 0 Å². The van der Waals surface area contributed by atoms with Crippen molar-refractivity contribution < 1.29 is 13.2 Å². The van der Waals surface area contributed by atoms with Gasteiger partial charge in [0, 0.05) is 31.1 Å². The molecule has 5 nitrogen and oxygen atoms in total. The van der Waals surface area contributed by atoms with Gasteiger partial charge >= 0.3 is 0 Å². The Hall–Kier alpha value is -1.41. The highest BCUT2D eigenvalue weighted by molar-refractivity contribution is 7.89. The molecule has 0 saturated heterocycles. The third-order valence-corrected chi connectivity index (χ3v) is 6.53. The van der Waals surface area contributed by atoms with E-state index in [1.54, 1.807) is 23.1 Å². The quantitative estimate of drug-likeness (QED) is 0.765. The van der Waals surface area contributed by atoms with E-state index < -0.39 is 10.0 Å². The molecule has 1 aromatic carbocycles. The fraction of sp³-hybridized carbons (Fsp3) is 0.312. The Bertz CT molecular complexity index is 831. The normalized spacial score (nSPS) is 11.7. The van der Waals surface area contributed by atoms with Gasteiger partial charge in [0.05, 0.1) is 15.8 Å². The lowest BCUT2D eigenvalue weighted by Crippen LogP contribution is -2.30. The minimum atomic E-state index is -3.57. The van der Waals surface area contributed by atoms with Crippen LogP contribution in [0.4, 0.5) is 0 Å². The number of benzene rings is 1. The molecule has 0 saturated carbocycles. The monoisotopic (exact) mass is 386 g/mol. The predicted octanol–water partition coefficient (Wildman–Crippen LogP) is 3.31. The molecule has 1 aromatic heterocycles. The highest BCUT2D eigenvalue weighted by atomic mass is 35.5. The number of carbonyl (C=O) groups excluding carboxylic acids is 1. The summed E-state index contributed by atoms with van der Waals surface area (Å²) in [7, 11) is -0.652. The molecular formula is C16H19ClN2O3S2. The van der Waals surface area contributed by atoms with Crippen molar-refractivity contribution in [2.24, 2.45) is 0 Å². The van der Waals surface area contributed by atoms with Gasteiger partial charge in [-0.25, -0.2) is 12.7 Å². The Labute approximate surface area is 151 Å². The standard InChI is InChI=1S/C16H19ClN2O3S2/c1-4-19(11-13-8-9-15(17)23-13)16(20)12-6-5-7-14(10-12)24(21,22)18(2)3/h5-10H,4,11H2,1-3H3. The van der Waals surface area contributed by atoms with Gasteiger partial charge in [0.2, 0.25) is 10.0 Å². The topological polar surface area (TPSA) is 57.7 Å². The number of rotatable bonds is 6. The van der Waals surface area contributed by atoms with Crippen LogP contribution < -0.4 is 0 Å². The smallest absolute Gasteiger partial charge is 0.254 e. The second kappa shape index (κ2) is 7.65. The maximum atomic E-state index is 12.7. The summed E-state index contributed by atoms with van der Waals surface area (Å²) in [6, 6.07) is 9.80. The van der Waals surface area contributed by atoms with Gasteiger partial charge in [-0.15, -0.1) is 11.3 Å². The van der Waals surface area contributed by atoms with Crippen molar-refractivity contribution in [3.63, 3.8) is 0 Å². The first kappa shape index (κ1) is 18.9. The molecule has 0 aliphatic rings. The molecule has 1 amide bonds. The van der Waals surface area contributed by atoms with Crippen LogP contribution in [-0.2, 0) is 16.6 Å². The summed E-state index contributed by atoms with van der Waals surface area (Å²) in [5.74, 6) is -0.210. The molecule has 0 spiro atoms. The van der Waals surface area contributed by atoms with E-state index in [2.05, 4.69) is 0 Å². The Morgan fingerprint density at radius 3 is 2.46 bits per heavy atom. The second-order valence-corrected chi connectivity index (χ2v) is 9.29. The van der Waals surface area contributed by atoms with E-state index in [0.29, 0.717) is 23.0 Å². The fourth-order valence-electron chi connectivity index (χ4n) is 2.14. The van der Waals surface area contributed by atoms with Gasteiger partial charge in [0.1, 0.15) is 0 Å². The highest BCUT2D eigenvalue weighted by Gasteiger charge is 2.21. The molecule has 2 aromatic rings. The molecule has 0 atom stereocenters. The van der Waals surface area contributed by atoms with E-state index in [0.717, 1.165) is 9.18 Å². The van der Waals surface area contributed by atoms with Crippen LogP contribution in [0.2, 0.25) is 4.34 Å². The van der Waals surface area contributed by atoms with Crippen LogP contribution in [0.1, 0.15) is 22.2 Å². The van der Waals surface area contributed by atoms with Gasteiger partial charge in [-0.05, 0) is 37.3 Å². The number of amides is 1. The molecule has 8 heteroatoms. The summed E-state index contributed by atoms with van der Waals surface area (Å²) in [5.41, 5.74) is 0.349. The van der Waals surface area contributed by atoms with Crippen molar-refractivity contribution in [1.82, 2.24) is 9.21 Å². The van der Waals surface area contributed by atoms with Gasteiger partial charge in [-0.3, -0.25) is 4.79 Å². The lowest BCUT2D eigenvalue weighted by Gasteiger charge is -2.21. The van der Waals surface area contributed by atoms with E-state index in [1.165, 1.54) is 37.6 Å². The minimum Gasteiger partial charge on any atom is -0.334 e. The number of thiophene rings is 1. The predicted molar refractivity (Wildman–Crippen MR) is 97.1 cm³/mol. The summed E-state index contributed by atoms with van der Waals surface area (Å²) in [6.45, 7) is 2.84. The molecule has 2 rings (SSSR count). The van der Waals surface area contributed by atoms with Crippen LogP contribution >= 0.6 is 22.9 Å². The molecule has 130 valence electrons. The first-order valence-corrected chi connectivity index (χ1v) is 9.95. The maximum absolute atomic E-state index is 12.7. The molecule has 24 heavy (non-hydrogen) atoms. The largest absolute Gasteiger partial charge is 0.334 e. The number of halogens is 1. The number of hydrogen-bond acceptors (Lipinski definition) is 4. The molecule has 0 N–H and O–H groups in total. The van der Waals surface area contributed by atoms with E-state index >= 15 is 0 Å². The van der Waals surface area contributed by atoms with Crippen LogP contribution in [0.5, 0.6) is 0 Å². The summed E-state index contributed by atoms with van der Waals surface area (Å²) in [4.78, 5) is 15.5. The lowest BCUT2D eigenvalue weighted by atomic mass is 10.2. The third kappa shape index (κ3) is 4.16. The average molecular weight is 387 g/mol. The molecular weight excluding hydrogens is 368 g/mol. The van der Waals surface area contributed by atoms with Crippen LogP contribution in [-0.4, -0.2) is 44.2 Å². The molecule has 0 aliphatic heterocycles. The van der Waals surface area contributed by atoms with Gasteiger partial charge in [0.15, 0.2) is 0 Å². The molecule has 0 unspecified atom stereocenters. The van der Waals surface area contributed by atoms with Crippen molar-refractivity contribution in [3.05, 3.63) is 51.2 Å². The minimum absolute atomic E-state index is 0.105. The summed E-state index contributed by atoms with van der Waals surface area (Å²) >= 11 is 7.35. The Balaban J connectivity index is 2.28. The lowest BCUT2D eigenvalue weighted by molar-refractivity contribution is 0.0754. The molecule has 0 fully saturated rings. The van der Waals surface area contributed by atoms with E-state index in [4.69, 9.17) is 11.6 Å². The summed E-state index contributed by atoms with van der Waals surface area (Å²) < 4.78 is 26.3. The zero-order chi connectivity index (χ0) is 17.9. The van der Waals surface area contributed by atoms with Gasteiger partial charge in [-0.1, -0.05) is 17.7 Å². The Kier molecular flexibility index (Phi) is 6.03. The number of carbonyl (C=O) groups is 1. The highest BCUT2D eigenvalue weighted by Crippen LogP contribution is 2.23. The van der Waals surface area contributed by atoms with E-state index in [1.807, 2.05) is 13.0 Å². The van der Waals surface area contributed by atoms with E-state index in [-0.39, 0.29) is 10.8 Å². The Morgan fingerprint density at radius 1 is 1.21 bits per heavy atom. The molecule has 0 bridgehead atoms. The van der Waals surface area contributed by atoms with E-state index in [9.17, 15) is 13.2 Å². The van der Waals surface area contributed by atoms with Gasteiger partial charge in [-0.2, -0.15) is 0 Å². The Morgan fingerprint density at radius 2 is 1.92 bits per heavy atom. The van der Waals surface area contributed by atoms with Crippen LogP contribution in [0.25, 0.3) is 0 Å². The fourth-order valence-corrected chi connectivity index (χ4v) is 4.19. The van der Waals surface area contributed by atoms with Crippen LogP contribution in [0.15, 0.2) is 41.3 Å². The SMILES string of the molecule is CCN(Cc1ccc(Cl)s1)C(=O)c1cccc(S(=O)(=O)N(C)C)c1. The summed E-state index contributed by atoms with van der Waals surface area (Å²) in [5, 5.41) is 0. The molecule has 0 radical (unpaired) electrons. The van der Waals surface area contributed by atoms with Crippen molar-refractivity contribution >= 4 is 38.9 Å². The molecule has 0 aliphatic carbocycles. The first-order valence-electron chi connectivity index (χ1n) is 7.31.